The Morgan fingerprint density at radius 3 is 2.81 bits per heavy atom. The lowest BCUT2D eigenvalue weighted by Gasteiger charge is -2.03. The fourth-order valence-corrected chi connectivity index (χ4v) is 2.49. The van der Waals surface area contributed by atoms with Crippen LogP contribution in [0.4, 0.5) is 0 Å². The van der Waals surface area contributed by atoms with Gasteiger partial charge in [-0.2, -0.15) is 0 Å². The fourth-order valence-electron chi connectivity index (χ4n) is 1.32. The first-order valence-electron chi connectivity index (χ1n) is 4.73. The molecule has 0 saturated carbocycles. The number of likely N-dealkylation sites (N-methyl/N-ethyl adjacent to an activating group) is 1. The third-order valence-corrected chi connectivity index (χ3v) is 3.66. The van der Waals surface area contributed by atoms with Gasteiger partial charge in [-0.05, 0) is 25.1 Å². The van der Waals surface area contributed by atoms with Gasteiger partial charge in [0.1, 0.15) is 4.32 Å². The molecule has 82 valence electrons. The Morgan fingerprint density at radius 2 is 2.25 bits per heavy atom. The highest BCUT2D eigenvalue weighted by atomic mass is 32.2. The number of hydrogen-bond donors (Lipinski definition) is 0. The number of hydrogen-bond acceptors (Lipinski definition) is 4. The van der Waals surface area contributed by atoms with Crippen molar-refractivity contribution < 1.29 is 4.79 Å². The summed E-state index contributed by atoms with van der Waals surface area (Å²) in [6.45, 7) is 1.92. The molecule has 1 aromatic rings. The second kappa shape index (κ2) is 4.35. The van der Waals surface area contributed by atoms with Gasteiger partial charge in [0.2, 0.25) is 0 Å². The molecule has 1 aliphatic rings. The van der Waals surface area contributed by atoms with Gasteiger partial charge in [-0.25, -0.2) is 0 Å². The Labute approximate surface area is 104 Å². The average molecular weight is 250 g/mol. The van der Waals surface area contributed by atoms with Gasteiger partial charge in [0.15, 0.2) is 0 Å². The normalized spacial score (nSPS) is 18.6. The molecule has 2 heterocycles. The first-order valence-corrected chi connectivity index (χ1v) is 5.95. The maximum Gasteiger partial charge on any atom is 0.265 e. The molecule has 1 aliphatic heterocycles. The smallest absolute Gasteiger partial charge is 0.265 e. The molecule has 0 spiro atoms. The number of aryl methyl sites for hydroxylation is 1. The Bertz CT molecular complexity index is 497. The van der Waals surface area contributed by atoms with Crippen LogP contribution in [-0.4, -0.2) is 27.2 Å². The molecule has 1 fully saturated rings. The van der Waals surface area contributed by atoms with Gasteiger partial charge in [0.05, 0.1) is 10.6 Å². The molecule has 0 atom stereocenters. The molecule has 0 N–H and O–H groups in total. The number of pyridine rings is 1. The maximum atomic E-state index is 11.7. The maximum absolute atomic E-state index is 11.7. The van der Waals surface area contributed by atoms with E-state index in [1.807, 2.05) is 25.1 Å². The minimum absolute atomic E-state index is 0.0571. The molecule has 0 aliphatic carbocycles. The van der Waals surface area contributed by atoms with Gasteiger partial charge in [-0.15, -0.1) is 0 Å². The molecule has 5 heteroatoms. The van der Waals surface area contributed by atoms with E-state index in [2.05, 4.69) is 4.98 Å². The molecule has 2 rings (SSSR count). The Kier molecular flexibility index (Phi) is 3.07. The van der Waals surface area contributed by atoms with Crippen LogP contribution in [0.25, 0.3) is 6.08 Å². The molecular formula is C11H10N2OS2. The molecule has 0 unspecified atom stereocenters. The minimum Gasteiger partial charge on any atom is -0.296 e. The monoisotopic (exact) mass is 250 g/mol. The summed E-state index contributed by atoms with van der Waals surface area (Å²) >= 11 is 6.36. The van der Waals surface area contributed by atoms with E-state index in [4.69, 9.17) is 12.2 Å². The number of carbonyl (C=O) groups excluding carboxylic acids is 1. The van der Waals surface area contributed by atoms with Crippen LogP contribution in [0.1, 0.15) is 11.4 Å². The summed E-state index contributed by atoms with van der Waals surface area (Å²) in [7, 11) is 1.68. The van der Waals surface area contributed by atoms with E-state index in [-0.39, 0.29) is 5.91 Å². The van der Waals surface area contributed by atoms with E-state index in [0.717, 1.165) is 11.4 Å². The van der Waals surface area contributed by atoms with Crippen LogP contribution in [0.2, 0.25) is 0 Å². The van der Waals surface area contributed by atoms with E-state index in [1.165, 1.54) is 16.7 Å². The van der Waals surface area contributed by atoms with E-state index in [1.54, 1.807) is 13.1 Å². The van der Waals surface area contributed by atoms with Crippen molar-refractivity contribution in [1.82, 2.24) is 9.88 Å². The van der Waals surface area contributed by atoms with Crippen LogP contribution >= 0.6 is 24.0 Å². The molecule has 16 heavy (non-hydrogen) atoms. The summed E-state index contributed by atoms with van der Waals surface area (Å²) in [6.07, 6.45) is 1.77. The van der Waals surface area contributed by atoms with Crippen LogP contribution in [-0.2, 0) is 4.79 Å². The number of rotatable bonds is 1. The van der Waals surface area contributed by atoms with E-state index < -0.39 is 0 Å². The zero-order valence-corrected chi connectivity index (χ0v) is 10.6. The van der Waals surface area contributed by atoms with Crippen molar-refractivity contribution in [2.24, 2.45) is 0 Å². The van der Waals surface area contributed by atoms with Crippen LogP contribution in [0.5, 0.6) is 0 Å². The number of nitrogens with zero attached hydrogens (tertiary/aromatic N) is 2. The van der Waals surface area contributed by atoms with Crippen molar-refractivity contribution in [2.45, 2.75) is 6.92 Å². The third-order valence-electron chi connectivity index (χ3n) is 2.18. The highest BCUT2D eigenvalue weighted by molar-refractivity contribution is 8.26. The Hall–Kier alpha value is -1.20. The molecule has 0 radical (unpaired) electrons. The standard InChI is InChI=1S/C11H10N2OS2/c1-7-4-3-5-8(12-7)6-9-10(14)13(2)11(15)16-9/h3-6H,1-2H3/b9-6+. The van der Waals surface area contributed by atoms with E-state index >= 15 is 0 Å². The van der Waals surface area contributed by atoms with Gasteiger partial charge < -0.3 is 0 Å². The van der Waals surface area contributed by atoms with Crippen LogP contribution in [0.3, 0.4) is 0 Å². The summed E-state index contributed by atoms with van der Waals surface area (Å²) in [5.74, 6) is -0.0571. The SMILES string of the molecule is Cc1cccc(/C=C2/SC(=S)N(C)C2=O)n1. The number of carbonyl (C=O) groups is 1. The molecule has 1 saturated heterocycles. The van der Waals surface area contributed by atoms with Crippen molar-refractivity contribution >= 4 is 40.3 Å². The van der Waals surface area contributed by atoms with E-state index in [0.29, 0.717) is 9.23 Å². The van der Waals surface area contributed by atoms with Gasteiger partial charge in [-0.1, -0.05) is 30.0 Å². The van der Waals surface area contributed by atoms with Gasteiger partial charge in [0.25, 0.3) is 5.91 Å². The summed E-state index contributed by atoms with van der Waals surface area (Å²) in [5.41, 5.74) is 1.72. The first-order chi connectivity index (χ1) is 7.58. The topological polar surface area (TPSA) is 33.2 Å². The van der Waals surface area contributed by atoms with Crippen molar-refractivity contribution in [3.05, 3.63) is 34.5 Å². The molecule has 3 nitrogen and oxygen atoms in total. The second-order valence-electron chi connectivity index (χ2n) is 3.44. The van der Waals surface area contributed by atoms with Crippen LogP contribution in [0, 0.1) is 6.92 Å². The zero-order valence-electron chi connectivity index (χ0n) is 8.93. The molecule has 0 bridgehead atoms. The highest BCUT2D eigenvalue weighted by Gasteiger charge is 2.28. The van der Waals surface area contributed by atoms with Gasteiger partial charge in [0, 0.05) is 12.7 Å². The van der Waals surface area contributed by atoms with Gasteiger partial charge >= 0.3 is 0 Å². The molecule has 0 aromatic carbocycles. The lowest BCUT2D eigenvalue weighted by molar-refractivity contribution is -0.121. The molecule has 1 aromatic heterocycles. The lowest BCUT2D eigenvalue weighted by atomic mass is 10.3. The van der Waals surface area contributed by atoms with E-state index in [9.17, 15) is 4.79 Å². The van der Waals surface area contributed by atoms with Crippen molar-refractivity contribution in [3.8, 4) is 0 Å². The van der Waals surface area contributed by atoms with Crippen LogP contribution < -0.4 is 0 Å². The lowest BCUT2D eigenvalue weighted by Crippen LogP contribution is -2.22. The van der Waals surface area contributed by atoms with Crippen molar-refractivity contribution in [3.63, 3.8) is 0 Å². The Morgan fingerprint density at radius 1 is 1.50 bits per heavy atom. The largest absolute Gasteiger partial charge is 0.296 e. The third kappa shape index (κ3) is 2.15. The minimum atomic E-state index is -0.0571. The Balaban J connectivity index is 2.33. The average Bonchev–Trinajstić information content (AvgIpc) is 2.47. The van der Waals surface area contributed by atoms with Gasteiger partial charge in [-0.3, -0.25) is 14.7 Å². The summed E-state index contributed by atoms with van der Waals surface area (Å²) in [4.78, 5) is 18.1. The highest BCUT2D eigenvalue weighted by Crippen LogP contribution is 2.30. The van der Waals surface area contributed by atoms with Crippen molar-refractivity contribution in [1.29, 1.82) is 0 Å². The predicted molar refractivity (Wildman–Crippen MR) is 69.9 cm³/mol. The number of thiocarbonyl (C=S) groups is 1. The zero-order chi connectivity index (χ0) is 11.7. The summed E-state index contributed by atoms with van der Waals surface area (Å²) in [5, 5.41) is 0. The number of aromatic nitrogens is 1. The van der Waals surface area contributed by atoms with Crippen LogP contribution in [0.15, 0.2) is 23.1 Å². The number of amides is 1. The van der Waals surface area contributed by atoms with Crippen molar-refractivity contribution in [2.75, 3.05) is 7.05 Å². The quantitative estimate of drug-likeness (QED) is 0.565. The fraction of sp³-hybridized carbons (Fsp3) is 0.182. The first kappa shape index (κ1) is 11.3. The molecule has 1 amide bonds. The molecular weight excluding hydrogens is 240 g/mol. The summed E-state index contributed by atoms with van der Waals surface area (Å²) in [6, 6.07) is 5.71. The number of thioether (sulfide) groups is 1. The predicted octanol–water partition coefficient (Wildman–Crippen LogP) is 2.22. The second-order valence-corrected chi connectivity index (χ2v) is 5.12. The summed E-state index contributed by atoms with van der Waals surface area (Å²) < 4.78 is 0.587.